The zero-order valence-corrected chi connectivity index (χ0v) is 18.4. The lowest BCUT2D eigenvalue weighted by atomic mass is 9.97. The number of urea groups is 1. The maximum Gasteiger partial charge on any atom is 0.321 e. The minimum atomic E-state index is -1.03. The molecule has 2 bridgehead atoms. The molecule has 13 heteroatoms. The van der Waals surface area contributed by atoms with Crippen molar-refractivity contribution in [1.82, 2.24) is 30.4 Å². The number of rotatable bonds is 10. The Balaban J connectivity index is 1.50. The lowest BCUT2D eigenvalue weighted by Gasteiger charge is -2.32. The summed E-state index contributed by atoms with van der Waals surface area (Å²) < 4.78 is 1.72. The third kappa shape index (κ3) is 4.67. The van der Waals surface area contributed by atoms with E-state index >= 15 is 0 Å². The quantitative estimate of drug-likeness (QED) is 0.154. The number of nitrogens with two attached hydrogens (primary N) is 1. The molecule has 0 aliphatic carbocycles. The fourth-order valence-electron chi connectivity index (χ4n) is 4.02. The number of aryl methyl sites for hydroxylation is 1. The predicted molar refractivity (Wildman–Crippen MR) is 113 cm³/mol. The first-order valence-electron chi connectivity index (χ1n) is 10.4. The molecule has 1 fully saturated rings. The number of carboxylic acid groups (broad SMARTS) is 1. The Morgan fingerprint density at radius 2 is 2.16 bits per heavy atom. The van der Waals surface area contributed by atoms with E-state index in [2.05, 4.69) is 20.9 Å². The predicted octanol–water partition coefficient (Wildman–Crippen LogP) is -0.869. The average Bonchev–Trinajstić information content (AvgIpc) is 3.26. The summed E-state index contributed by atoms with van der Waals surface area (Å²) in [6, 6.07) is -1.56. The number of nitrogens with zero attached hydrogens (tertiary/aromatic N) is 5. The van der Waals surface area contributed by atoms with Crippen LogP contribution in [0.1, 0.15) is 42.6 Å². The van der Waals surface area contributed by atoms with Gasteiger partial charge in [0.25, 0.3) is 0 Å². The number of aliphatic carboxylic acids is 1. The molecule has 3 rings (SSSR count). The van der Waals surface area contributed by atoms with Crippen LogP contribution in [0, 0.1) is 0 Å². The normalized spacial score (nSPS) is 20.9. The molecule has 5 N–H and O–H groups in total. The van der Waals surface area contributed by atoms with Gasteiger partial charge in [0.2, 0.25) is 5.91 Å². The largest absolute Gasteiger partial charge is 0.480 e. The molecule has 0 radical (unpaired) electrons. The summed E-state index contributed by atoms with van der Waals surface area (Å²) in [5.74, 6) is -0.972. The highest BCUT2D eigenvalue weighted by molar-refractivity contribution is 5.93. The van der Waals surface area contributed by atoms with Gasteiger partial charge in [0.05, 0.1) is 17.9 Å². The molecule has 1 aromatic heterocycles. The number of aromatic nitrogens is 2. The van der Waals surface area contributed by atoms with Crippen LogP contribution in [-0.2, 0) is 21.5 Å². The number of carbonyl (C=O) groups excluding carboxylic acids is 2. The maximum absolute atomic E-state index is 12.7. The smallest absolute Gasteiger partial charge is 0.321 e. The number of hydrogen-bond donors (Lipinski definition) is 4. The van der Waals surface area contributed by atoms with Gasteiger partial charge < -0.3 is 26.0 Å². The van der Waals surface area contributed by atoms with Gasteiger partial charge in [0.15, 0.2) is 6.61 Å². The molecular weight excluding hydrogens is 420 g/mol. The van der Waals surface area contributed by atoms with Crippen LogP contribution in [0.4, 0.5) is 4.79 Å². The third-order valence-corrected chi connectivity index (χ3v) is 5.79. The molecule has 1 aromatic rings. The zero-order chi connectivity index (χ0) is 23.4. The van der Waals surface area contributed by atoms with Crippen LogP contribution in [-0.4, -0.2) is 88.3 Å². The Morgan fingerprint density at radius 1 is 1.41 bits per heavy atom. The molecule has 0 saturated carbocycles. The second-order valence-corrected chi connectivity index (χ2v) is 7.86. The van der Waals surface area contributed by atoms with Gasteiger partial charge in [-0.2, -0.15) is 5.10 Å². The van der Waals surface area contributed by atoms with Crippen LogP contribution in [0.5, 0.6) is 0 Å². The molecule has 0 spiro atoms. The van der Waals surface area contributed by atoms with Gasteiger partial charge in [-0.15, -0.1) is 0 Å². The first-order chi connectivity index (χ1) is 15.3. The van der Waals surface area contributed by atoms with E-state index in [0.29, 0.717) is 38.2 Å². The van der Waals surface area contributed by atoms with Crippen LogP contribution in [0.25, 0.3) is 0 Å². The van der Waals surface area contributed by atoms with E-state index < -0.39 is 18.1 Å². The lowest BCUT2D eigenvalue weighted by molar-refractivity contribution is -0.138. The van der Waals surface area contributed by atoms with Gasteiger partial charge >= 0.3 is 12.0 Å². The van der Waals surface area contributed by atoms with E-state index in [0.717, 1.165) is 11.3 Å². The molecule has 2 aliphatic heterocycles. The van der Waals surface area contributed by atoms with Gasteiger partial charge in [-0.25, -0.2) is 4.79 Å². The van der Waals surface area contributed by atoms with E-state index in [4.69, 9.17) is 15.7 Å². The number of unbranched alkanes of at least 4 members (excludes halogenated alkanes) is 1. The van der Waals surface area contributed by atoms with Crippen molar-refractivity contribution in [3.63, 3.8) is 0 Å². The second-order valence-electron chi connectivity index (χ2n) is 7.86. The van der Waals surface area contributed by atoms with Crippen molar-refractivity contribution in [2.75, 3.05) is 33.8 Å². The number of likely N-dealkylation sites (N-methyl/N-ethyl adjacent to an activating group) is 1. The molecule has 3 atom stereocenters. The topological polar surface area (TPSA) is 167 Å². The highest BCUT2D eigenvalue weighted by Crippen LogP contribution is 2.42. The van der Waals surface area contributed by atoms with E-state index in [1.807, 2.05) is 7.05 Å². The SMILES string of the molecule is CN=C(NOCC(=O)NCCCC[C@H](N)C(=O)O)[C@@H]1c2c(cnn2C)[C@@H]2CN1C(=O)N2C. The Bertz CT molecular complexity index is 900. The summed E-state index contributed by atoms with van der Waals surface area (Å²) >= 11 is 0. The number of hydrogen-bond acceptors (Lipinski definition) is 7. The lowest BCUT2D eigenvalue weighted by Crippen LogP contribution is -2.45. The van der Waals surface area contributed by atoms with E-state index in [1.165, 1.54) is 0 Å². The monoisotopic (exact) mass is 450 g/mol. The van der Waals surface area contributed by atoms with Crippen LogP contribution in [0.3, 0.4) is 0 Å². The van der Waals surface area contributed by atoms with Gasteiger partial charge in [-0.1, -0.05) is 0 Å². The fraction of sp³-hybridized carbons (Fsp3) is 0.632. The average molecular weight is 451 g/mol. The summed E-state index contributed by atoms with van der Waals surface area (Å²) in [6.45, 7) is 0.654. The summed E-state index contributed by atoms with van der Waals surface area (Å²) in [6.07, 6.45) is 3.32. The van der Waals surface area contributed by atoms with Crippen molar-refractivity contribution in [2.45, 2.75) is 37.4 Å². The highest BCUT2D eigenvalue weighted by Gasteiger charge is 2.49. The first kappa shape index (κ1) is 23.5. The number of hydroxylamine groups is 1. The number of nitrogens with one attached hydrogen (secondary N) is 2. The molecule has 0 unspecified atom stereocenters. The fourth-order valence-corrected chi connectivity index (χ4v) is 4.02. The zero-order valence-electron chi connectivity index (χ0n) is 18.4. The number of amides is 3. The molecule has 3 amide bonds. The number of carboxylic acids is 1. The number of aliphatic imine (C=N–C) groups is 1. The van der Waals surface area contributed by atoms with Crippen molar-refractivity contribution in [3.05, 3.63) is 17.5 Å². The minimum absolute atomic E-state index is 0.0581. The summed E-state index contributed by atoms with van der Waals surface area (Å²) in [7, 11) is 5.16. The van der Waals surface area contributed by atoms with Crippen molar-refractivity contribution < 1.29 is 24.3 Å². The summed E-state index contributed by atoms with van der Waals surface area (Å²) in [5, 5.41) is 15.8. The van der Waals surface area contributed by atoms with E-state index in [-0.39, 0.29) is 24.6 Å². The summed E-state index contributed by atoms with van der Waals surface area (Å²) in [4.78, 5) is 48.4. The first-order valence-corrected chi connectivity index (χ1v) is 10.4. The molecule has 176 valence electrons. The molecule has 13 nitrogen and oxygen atoms in total. The number of amidine groups is 1. The van der Waals surface area contributed by atoms with E-state index in [1.54, 1.807) is 34.8 Å². The van der Waals surface area contributed by atoms with Crippen LogP contribution >= 0.6 is 0 Å². The van der Waals surface area contributed by atoms with Crippen LogP contribution in [0.2, 0.25) is 0 Å². The number of carbonyl (C=O) groups is 3. The van der Waals surface area contributed by atoms with Crippen LogP contribution in [0.15, 0.2) is 11.2 Å². The van der Waals surface area contributed by atoms with Crippen molar-refractivity contribution in [1.29, 1.82) is 0 Å². The number of fused-ring (bicyclic) bond motifs is 4. The Kier molecular flexibility index (Phi) is 7.30. The Labute approximate surface area is 185 Å². The molecular formula is C19H30N8O5. The van der Waals surface area contributed by atoms with Gasteiger partial charge in [0, 0.05) is 39.8 Å². The van der Waals surface area contributed by atoms with Crippen LogP contribution < -0.4 is 16.5 Å². The molecule has 0 aromatic carbocycles. The van der Waals surface area contributed by atoms with E-state index in [9.17, 15) is 14.4 Å². The van der Waals surface area contributed by atoms with Crippen molar-refractivity contribution >= 4 is 23.7 Å². The van der Waals surface area contributed by atoms with Gasteiger partial charge in [-0.3, -0.25) is 29.6 Å². The standard InChI is InChI=1S/C19H30N8O5/c1-21-17(24-32-10-14(28)22-7-5-4-6-12(20)18(29)30)16-15-11(8-23-26(15)3)13-9-27(16)19(31)25(13)2/h8,12-13,16H,4-7,9-10,20H2,1-3H3,(H,21,24)(H,22,28)(H,29,30)/t12-,13-,16-/m0/s1. The highest BCUT2D eigenvalue weighted by atomic mass is 16.6. The molecule has 2 aliphatic rings. The Hall–Kier alpha value is -3.19. The van der Waals surface area contributed by atoms with Crippen molar-refractivity contribution in [3.8, 4) is 0 Å². The van der Waals surface area contributed by atoms with Crippen molar-refractivity contribution in [2.24, 2.45) is 17.8 Å². The Morgan fingerprint density at radius 3 is 2.84 bits per heavy atom. The minimum Gasteiger partial charge on any atom is -0.480 e. The summed E-state index contributed by atoms with van der Waals surface area (Å²) in [5.41, 5.74) is 9.98. The molecule has 32 heavy (non-hydrogen) atoms. The van der Waals surface area contributed by atoms with Gasteiger partial charge in [0.1, 0.15) is 17.9 Å². The maximum atomic E-state index is 12.7. The third-order valence-electron chi connectivity index (χ3n) is 5.79. The molecule has 1 saturated heterocycles. The second kappa shape index (κ2) is 9.96. The molecule has 3 heterocycles. The van der Waals surface area contributed by atoms with Gasteiger partial charge in [-0.05, 0) is 19.3 Å².